The van der Waals surface area contributed by atoms with Gasteiger partial charge in [-0.1, -0.05) is 0 Å². The van der Waals surface area contributed by atoms with Crippen LogP contribution < -0.4 is 20.3 Å². The normalized spacial score (nSPS) is 11.7. The number of non-ortho nitro benzene ring substituents is 1. The van der Waals surface area contributed by atoms with E-state index in [1.54, 1.807) is 19.2 Å². The average molecular weight is 375 g/mol. The van der Waals surface area contributed by atoms with Gasteiger partial charge in [-0.25, -0.2) is 0 Å². The van der Waals surface area contributed by atoms with E-state index in [2.05, 4.69) is 24.7 Å². The Balaban J connectivity index is 1.95. The molecule has 26 heavy (non-hydrogen) atoms. The Bertz CT molecular complexity index is 748. The summed E-state index contributed by atoms with van der Waals surface area (Å²) in [6, 6.07) is 14.3. The third-order valence-electron chi connectivity index (χ3n) is 4.02. The summed E-state index contributed by atoms with van der Waals surface area (Å²) >= 11 is 5.33. The fourth-order valence-electron chi connectivity index (χ4n) is 2.53. The summed E-state index contributed by atoms with van der Waals surface area (Å²) in [5.74, 6) is 0.824. The monoisotopic (exact) mass is 375 g/mol. The number of quaternary nitrogens is 1. The lowest BCUT2D eigenvalue weighted by Crippen LogP contribution is -3.07. The number of nitrogens with zero attached hydrogens (tertiary/aromatic N) is 1. The molecule has 0 aliphatic carbocycles. The van der Waals surface area contributed by atoms with E-state index in [0.717, 1.165) is 5.75 Å². The van der Waals surface area contributed by atoms with Crippen molar-refractivity contribution in [1.29, 1.82) is 0 Å². The highest BCUT2D eigenvalue weighted by Gasteiger charge is 2.18. The van der Waals surface area contributed by atoms with Crippen LogP contribution in [0.25, 0.3) is 0 Å². The summed E-state index contributed by atoms with van der Waals surface area (Å²) in [5.41, 5.74) is 1.92. The molecule has 0 unspecified atom stereocenters. The van der Waals surface area contributed by atoms with Crippen molar-refractivity contribution in [2.45, 2.75) is 6.04 Å². The number of anilines is 1. The number of nitrogens with one attached hydrogen (secondary N) is 3. The van der Waals surface area contributed by atoms with E-state index in [1.807, 2.05) is 24.3 Å². The molecular formula is C18H23N4O3S+. The molecule has 0 aliphatic rings. The number of benzene rings is 2. The summed E-state index contributed by atoms with van der Waals surface area (Å²) in [4.78, 5) is 11.5. The Kier molecular flexibility index (Phi) is 6.88. The molecule has 2 rings (SSSR count). The van der Waals surface area contributed by atoms with Gasteiger partial charge in [0.15, 0.2) is 5.11 Å². The van der Waals surface area contributed by atoms with Crippen LogP contribution in [0.4, 0.5) is 11.4 Å². The fraction of sp³-hybridized carbons (Fsp3) is 0.278. The molecule has 0 aromatic heterocycles. The first kappa shape index (κ1) is 19.6. The Morgan fingerprint density at radius 2 is 1.81 bits per heavy atom. The Morgan fingerprint density at radius 1 is 1.19 bits per heavy atom. The Morgan fingerprint density at radius 3 is 2.31 bits per heavy atom. The molecule has 0 fully saturated rings. The first-order chi connectivity index (χ1) is 12.4. The summed E-state index contributed by atoms with van der Waals surface area (Å²) in [7, 11) is 5.82. The molecule has 0 saturated carbocycles. The predicted octanol–water partition coefficient (Wildman–Crippen LogP) is 1.78. The van der Waals surface area contributed by atoms with Gasteiger partial charge in [0, 0.05) is 23.4 Å². The zero-order valence-electron chi connectivity index (χ0n) is 15.0. The molecule has 7 nitrogen and oxygen atoms in total. The second-order valence-electron chi connectivity index (χ2n) is 6.04. The molecule has 8 heteroatoms. The van der Waals surface area contributed by atoms with Crippen molar-refractivity contribution in [3.63, 3.8) is 0 Å². The summed E-state index contributed by atoms with van der Waals surface area (Å²) in [5, 5.41) is 17.4. The van der Waals surface area contributed by atoms with Gasteiger partial charge < -0.3 is 20.3 Å². The Hall–Kier alpha value is -2.71. The second-order valence-corrected chi connectivity index (χ2v) is 6.45. The lowest BCUT2D eigenvalue weighted by Gasteiger charge is -2.23. The fourth-order valence-corrected chi connectivity index (χ4v) is 2.73. The Labute approximate surface area is 158 Å². The largest absolute Gasteiger partial charge is 0.497 e. The standard InChI is InChI=1S/C18H22N4O3S/c1-21(2)17(13-4-10-16(25-3)11-5-13)12-19-18(26)20-14-6-8-15(9-7-14)22(23)24/h4-11,17H,12H2,1-3H3,(H2,19,20,26)/p+1/t17-/m0/s1. The van der Waals surface area contributed by atoms with Crippen molar-refractivity contribution in [1.82, 2.24) is 5.32 Å². The second kappa shape index (κ2) is 9.12. The molecule has 0 heterocycles. The van der Waals surface area contributed by atoms with Crippen molar-refractivity contribution in [2.24, 2.45) is 0 Å². The average Bonchev–Trinajstić information content (AvgIpc) is 2.62. The number of hydrogen-bond donors (Lipinski definition) is 3. The predicted molar refractivity (Wildman–Crippen MR) is 106 cm³/mol. The van der Waals surface area contributed by atoms with Gasteiger partial charge in [0.1, 0.15) is 11.8 Å². The highest BCUT2D eigenvalue weighted by molar-refractivity contribution is 7.80. The molecule has 0 bridgehead atoms. The van der Waals surface area contributed by atoms with Crippen LogP contribution in [0, 0.1) is 10.1 Å². The van der Waals surface area contributed by atoms with Crippen LogP contribution in [0.15, 0.2) is 48.5 Å². The van der Waals surface area contributed by atoms with Crippen molar-refractivity contribution in [3.05, 3.63) is 64.2 Å². The molecule has 2 aromatic carbocycles. The number of thiocarbonyl (C=S) groups is 1. The smallest absolute Gasteiger partial charge is 0.269 e. The number of methoxy groups -OCH3 is 1. The van der Waals surface area contributed by atoms with Crippen molar-refractivity contribution in [2.75, 3.05) is 33.1 Å². The minimum atomic E-state index is -0.431. The molecule has 2 aromatic rings. The minimum absolute atomic E-state index is 0.0465. The molecule has 0 saturated heterocycles. The zero-order valence-corrected chi connectivity index (χ0v) is 15.8. The van der Waals surface area contributed by atoms with Crippen molar-refractivity contribution in [3.8, 4) is 5.75 Å². The van der Waals surface area contributed by atoms with Gasteiger partial charge in [-0.05, 0) is 48.6 Å². The van der Waals surface area contributed by atoms with Gasteiger partial charge in [-0.15, -0.1) is 0 Å². The van der Waals surface area contributed by atoms with Crippen LogP contribution in [0.3, 0.4) is 0 Å². The SMILES string of the molecule is COc1ccc([C@H](CNC(=S)Nc2ccc([N+](=O)[O-])cc2)[NH+](C)C)cc1. The highest BCUT2D eigenvalue weighted by Crippen LogP contribution is 2.16. The highest BCUT2D eigenvalue weighted by atomic mass is 32.1. The van der Waals surface area contributed by atoms with E-state index in [0.29, 0.717) is 17.3 Å². The quantitative estimate of drug-likeness (QED) is 0.389. The molecule has 0 aliphatic heterocycles. The van der Waals surface area contributed by atoms with Gasteiger partial charge in [-0.3, -0.25) is 10.1 Å². The van der Waals surface area contributed by atoms with E-state index in [-0.39, 0.29) is 11.7 Å². The third kappa shape index (κ3) is 5.40. The number of ether oxygens (including phenoxy) is 1. The maximum absolute atomic E-state index is 10.7. The van der Waals surface area contributed by atoms with Crippen LogP contribution in [-0.2, 0) is 0 Å². The van der Waals surface area contributed by atoms with E-state index in [9.17, 15) is 10.1 Å². The minimum Gasteiger partial charge on any atom is -0.497 e. The molecular weight excluding hydrogens is 352 g/mol. The molecule has 138 valence electrons. The number of likely N-dealkylation sites (N-methyl/N-ethyl adjacent to an activating group) is 1. The summed E-state index contributed by atoms with van der Waals surface area (Å²) < 4.78 is 5.20. The maximum Gasteiger partial charge on any atom is 0.269 e. The number of nitro benzene ring substituents is 1. The van der Waals surface area contributed by atoms with Crippen LogP contribution in [0.1, 0.15) is 11.6 Å². The molecule has 1 atom stereocenters. The molecule has 0 amide bonds. The first-order valence-corrected chi connectivity index (χ1v) is 8.55. The third-order valence-corrected chi connectivity index (χ3v) is 4.26. The zero-order chi connectivity index (χ0) is 19.1. The van der Waals surface area contributed by atoms with Crippen molar-refractivity contribution >= 4 is 28.7 Å². The van der Waals surface area contributed by atoms with Gasteiger partial charge in [-0.2, -0.15) is 0 Å². The lowest BCUT2D eigenvalue weighted by molar-refractivity contribution is -0.890. The topological polar surface area (TPSA) is 80.9 Å². The van der Waals surface area contributed by atoms with E-state index in [4.69, 9.17) is 17.0 Å². The maximum atomic E-state index is 10.7. The van der Waals surface area contributed by atoms with E-state index in [1.165, 1.54) is 22.6 Å². The van der Waals surface area contributed by atoms with Gasteiger partial charge in [0.25, 0.3) is 5.69 Å². The molecule has 3 N–H and O–H groups in total. The van der Waals surface area contributed by atoms with E-state index >= 15 is 0 Å². The van der Waals surface area contributed by atoms with Gasteiger partial charge in [0.2, 0.25) is 0 Å². The first-order valence-electron chi connectivity index (χ1n) is 8.14. The molecule has 0 radical (unpaired) electrons. The van der Waals surface area contributed by atoms with Crippen LogP contribution in [0.2, 0.25) is 0 Å². The van der Waals surface area contributed by atoms with Crippen molar-refractivity contribution < 1.29 is 14.6 Å². The van der Waals surface area contributed by atoms with Crippen LogP contribution in [0.5, 0.6) is 5.75 Å². The summed E-state index contributed by atoms with van der Waals surface area (Å²) in [6.07, 6.45) is 0. The molecule has 0 spiro atoms. The van der Waals surface area contributed by atoms with Gasteiger partial charge >= 0.3 is 0 Å². The van der Waals surface area contributed by atoms with Crippen LogP contribution in [-0.4, -0.2) is 37.8 Å². The number of nitro groups is 1. The number of rotatable bonds is 7. The van der Waals surface area contributed by atoms with Crippen LogP contribution >= 0.6 is 12.2 Å². The summed E-state index contributed by atoms with van der Waals surface area (Å²) in [6.45, 7) is 0.646. The lowest BCUT2D eigenvalue weighted by atomic mass is 10.1. The van der Waals surface area contributed by atoms with Gasteiger partial charge in [0.05, 0.1) is 32.7 Å². The number of hydrogen-bond acceptors (Lipinski definition) is 4. The van der Waals surface area contributed by atoms with E-state index < -0.39 is 4.92 Å².